The smallest absolute Gasteiger partial charge is 0.406 e. The molecule has 84 valence electrons. The van der Waals surface area contributed by atoms with Gasteiger partial charge in [-0.05, 0) is 24.3 Å². The Morgan fingerprint density at radius 1 is 1.13 bits per heavy atom. The molecule has 1 rings (SSSR count). The van der Waals surface area contributed by atoms with Crippen molar-refractivity contribution >= 4 is 11.1 Å². The molecule has 1 aromatic rings. The summed E-state index contributed by atoms with van der Waals surface area (Å²) in [5.41, 5.74) is 0. The van der Waals surface area contributed by atoms with Gasteiger partial charge in [-0.2, -0.15) is 0 Å². The van der Waals surface area contributed by atoms with Gasteiger partial charge in [-0.1, -0.05) is 0 Å². The first-order valence-corrected chi connectivity index (χ1v) is 5.23. The Morgan fingerprint density at radius 2 is 1.60 bits per heavy atom. The SMILES string of the molecule is CS(=O)Oc1ccc(OC(F)(F)F)cc1. The molecule has 15 heavy (non-hydrogen) atoms. The van der Waals surface area contributed by atoms with E-state index in [-0.39, 0.29) is 11.5 Å². The van der Waals surface area contributed by atoms with Crippen LogP contribution >= 0.6 is 0 Å². The van der Waals surface area contributed by atoms with E-state index in [9.17, 15) is 17.4 Å². The molecule has 0 heterocycles. The first-order chi connectivity index (χ1) is 6.87. The van der Waals surface area contributed by atoms with Crippen LogP contribution in [0.3, 0.4) is 0 Å². The molecule has 0 bridgehead atoms. The Balaban J connectivity index is 2.68. The zero-order valence-electron chi connectivity index (χ0n) is 7.58. The summed E-state index contributed by atoms with van der Waals surface area (Å²) in [7, 11) is 0. The number of benzene rings is 1. The Kier molecular flexibility index (Phi) is 3.57. The van der Waals surface area contributed by atoms with Crippen molar-refractivity contribution in [3.8, 4) is 11.5 Å². The van der Waals surface area contributed by atoms with E-state index < -0.39 is 17.4 Å². The quantitative estimate of drug-likeness (QED) is 0.812. The predicted molar refractivity (Wildman–Crippen MR) is 47.8 cm³/mol. The molecular weight excluding hydrogens is 233 g/mol. The van der Waals surface area contributed by atoms with E-state index in [2.05, 4.69) is 4.74 Å². The zero-order chi connectivity index (χ0) is 11.5. The number of rotatable bonds is 3. The van der Waals surface area contributed by atoms with Gasteiger partial charge in [-0.15, -0.1) is 13.2 Å². The molecule has 0 fully saturated rings. The number of hydrogen-bond donors (Lipinski definition) is 0. The number of ether oxygens (including phenoxy) is 1. The second-order valence-electron chi connectivity index (χ2n) is 2.50. The highest BCUT2D eigenvalue weighted by Gasteiger charge is 2.30. The third-order valence-corrected chi connectivity index (χ3v) is 1.70. The largest absolute Gasteiger partial charge is 0.573 e. The van der Waals surface area contributed by atoms with Crippen LogP contribution in [0.1, 0.15) is 0 Å². The van der Waals surface area contributed by atoms with Gasteiger partial charge >= 0.3 is 6.36 Å². The van der Waals surface area contributed by atoms with Gasteiger partial charge in [0.15, 0.2) is 0 Å². The van der Waals surface area contributed by atoms with Crippen molar-refractivity contribution in [2.24, 2.45) is 0 Å². The molecule has 7 heteroatoms. The van der Waals surface area contributed by atoms with E-state index in [1.165, 1.54) is 18.4 Å². The molecule has 0 radical (unpaired) electrons. The topological polar surface area (TPSA) is 35.5 Å². The van der Waals surface area contributed by atoms with Gasteiger partial charge in [0, 0.05) is 6.26 Å². The second kappa shape index (κ2) is 4.52. The Bertz CT molecular complexity index is 347. The van der Waals surface area contributed by atoms with Crippen molar-refractivity contribution < 1.29 is 26.3 Å². The fourth-order valence-corrected chi connectivity index (χ4v) is 1.21. The average molecular weight is 240 g/mol. The molecule has 3 nitrogen and oxygen atoms in total. The van der Waals surface area contributed by atoms with Gasteiger partial charge in [0.2, 0.25) is 11.1 Å². The maximum absolute atomic E-state index is 11.7. The minimum absolute atomic E-state index is 0.213. The highest BCUT2D eigenvalue weighted by Crippen LogP contribution is 2.24. The minimum Gasteiger partial charge on any atom is -0.406 e. The highest BCUT2D eigenvalue weighted by molar-refractivity contribution is 7.79. The maximum atomic E-state index is 11.7. The monoisotopic (exact) mass is 240 g/mol. The second-order valence-corrected chi connectivity index (χ2v) is 3.47. The number of halogens is 3. The zero-order valence-corrected chi connectivity index (χ0v) is 8.39. The summed E-state index contributed by atoms with van der Waals surface area (Å²) in [5.74, 6) is -0.137. The maximum Gasteiger partial charge on any atom is 0.573 e. The first kappa shape index (κ1) is 11.8. The van der Waals surface area contributed by atoms with E-state index >= 15 is 0 Å². The van der Waals surface area contributed by atoms with Gasteiger partial charge in [-0.3, -0.25) is 0 Å². The van der Waals surface area contributed by atoms with Crippen LogP contribution in [0.25, 0.3) is 0 Å². The average Bonchev–Trinajstić information content (AvgIpc) is 2.05. The highest BCUT2D eigenvalue weighted by atomic mass is 32.2. The van der Waals surface area contributed by atoms with Crippen molar-refractivity contribution in [2.75, 3.05) is 6.26 Å². The van der Waals surface area contributed by atoms with Crippen molar-refractivity contribution in [3.05, 3.63) is 24.3 Å². The van der Waals surface area contributed by atoms with Crippen LogP contribution in [0.2, 0.25) is 0 Å². The third-order valence-electron chi connectivity index (χ3n) is 1.27. The fourth-order valence-electron chi connectivity index (χ4n) is 0.832. The van der Waals surface area contributed by atoms with E-state index in [0.717, 1.165) is 12.1 Å². The van der Waals surface area contributed by atoms with Gasteiger partial charge in [-0.25, -0.2) is 4.21 Å². The van der Waals surface area contributed by atoms with Crippen LogP contribution in [0.4, 0.5) is 13.2 Å². The third kappa shape index (κ3) is 4.68. The normalized spacial score (nSPS) is 13.3. The molecule has 0 spiro atoms. The molecule has 0 amide bonds. The standard InChI is InChI=1S/C8H7F3O3S/c1-15(12)14-7-4-2-6(3-5-7)13-8(9,10)11/h2-5H,1H3. The predicted octanol–water partition coefficient (Wildman–Crippen LogP) is 2.26. The molecule has 0 saturated carbocycles. The molecule has 0 saturated heterocycles. The van der Waals surface area contributed by atoms with Crippen LogP contribution in [0.15, 0.2) is 24.3 Å². The summed E-state index contributed by atoms with van der Waals surface area (Å²) >= 11 is -1.51. The molecular formula is C8H7F3O3S. The summed E-state index contributed by atoms with van der Waals surface area (Å²) in [6.45, 7) is 0. The summed E-state index contributed by atoms with van der Waals surface area (Å²) in [4.78, 5) is 0. The van der Waals surface area contributed by atoms with Crippen LogP contribution in [-0.2, 0) is 11.1 Å². The van der Waals surface area contributed by atoms with E-state index in [1.54, 1.807) is 0 Å². The van der Waals surface area contributed by atoms with Crippen molar-refractivity contribution in [1.82, 2.24) is 0 Å². The first-order valence-electron chi connectivity index (χ1n) is 3.74. The Labute approximate surface area is 86.5 Å². The molecule has 0 aliphatic heterocycles. The molecule has 1 aromatic carbocycles. The fraction of sp³-hybridized carbons (Fsp3) is 0.250. The summed E-state index contributed by atoms with van der Waals surface area (Å²) in [6.07, 6.45) is -3.41. The van der Waals surface area contributed by atoms with Crippen LogP contribution < -0.4 is 8.92 Å². The van der Waals surface area contributed by atoms with Gasteiger partial charge in [0.05, 0.1) is 0 Å². The van der Waals surface area contributed by atoms with E-state index in [0.29, 0.717) is 0 Å². The Hall–Kier alpha value is -1.24. The molecule has 0 aliphatic rings. The molecule has 0 N–H and O–H groups in total. The molecule has 0 aliphatic carbocycles. The van der Waals surface area contributed by atoms with Crippen molar-refractivity contribution in [2.45, 2.75) is 6.36 Å². The summed E-state index contributed by atoms with van der Waals surface area (Å²) in [6, 6.07) is 4.64. The summed E-state index contributed by atoms with van der Waals surface area (Å²) in [5, 5.41) is 0. The van der Waals surface area contributed by atoms with E-state index in [1.807, 2.05) is 0 Å². The van der Waals surface area contributed by atoms with Crippen molar-refractivity contribution in [1.29, 1.82) is 0 Å². The number of hydrogen-bond acceptors (Lipinski definition) is 3. The minimum atomic E-state index is -4.71. The lowest BCUT2D eigenvalue weighted by atomic mass is 10.3. The Morgan fingerprint density at radius 3 is 2.00 bits per heavy atom. The lowest BCUT2D eigenvalue weighted by Gasteiger charge is -2.08. The molecule has 0 aromatic heterocycles. The molecule has 1 atom stereocenters. The van der Waals surface area contributed by atoms with Gasteiger partial charge in [0.25, 0.3) is 0 Å². The van der Waals surface area contributed by atoms with Crippen LogP contribution in [0, 0.1) is 0 Å². The van der Waals surface area contributed by atoms with E-state index in [4.69, 9.17) is 4.18 Å². The molecule has 1 unspecified atom stereocenters. The van der Waals surface area contributed by atoms with Crippen LogP contribution in [-0.4, -0.2) is 16.8 Å². The van der Waals surface area contributed by atoms with Crippen LogP contribution in [0.5, 0.6) is 11.5 Å². The van der Waals surface area contributed by atoms with Gasteiger partial charge < -0.3 is 8.92 Å². The summed E-state index contributed by atoms with van der Waals surface area (Å²) < 4.78 is 54.2. The number of alkyl halides is 3. The van der Waals surface area contributed by atoms with Gasteiger partial charge in [0.1, 0.15) is 11.5 Å². The lowest BCUT2D eigenvalue weighted by molar-refractivity contribution is -0.274. The van der Waals surface area contributed by atoms with Crippen molar-refractivity contribution in [3.63, 3.8) is 0 Å². The lowest BCUT2D eigenvalue weighted by Crippen LogP contribution is -2.16.